The van der Waals surface area contributed by atoms with Crippen molar-refractivity contribution in [1.82, 2.24) is 10.2 Å². The van der Waals surface area contributed by atoms with Crippen LogP contribution in [-0.4, -0.2) is 28.8 Å². The van der Waals surface area contributed by atoms with Gasteiger partial charge in [-0.05, 0) is 38.8 Å². The lowest BCUT2D eigenvalue weighted by atomic mass is 10.1. The Morgan fingerprint density at radius 2 is 1.54 bits per heavy atom. The highest BCUT2D eigenvalue weighted by Crippen LogP contribution is 2.13. The van der Waals surface area contributed by atoms with Crippen LogP contribution in [0.3, 0.4) is 0 Å². The molecule has 0 aliphatic carbocycles. The van der Waals surface area contributed by atoms with Crippen molar-refractivity contribution in [3.05, 3.63) is 71.3 Å². The minimum atomic E-state index is -0.532. The zero-order chi connectivity index (χ0) is 19.1. The molecule has 2 amide bonds. The Bertz CT molecular complexity index is 724. The van der Waals surface area contributed by atoms with Gasteiger partial charge in [0.2, 0.25) is 11.8 Å². The molecule has 0 heterocycles. The fraction of sp³-hybridized carbons (Fsp3) is 0.364. The van der Waals surface area contributed by atoms with Gasteiger partial charge in [-0.2, -0.15) is 0 Å². The predicted octanol–water partition coefficient (Wildman–Crippen LogP) is 3.48. The van der Waals surface area contributed by atoms with Crippen LogP contribution in [0.2, 0.25) is 0 Å². The van der Waals surface area contributed by atoms with Gasteiger partial charge < -0.3 is 10.2 Å². The molecule has 138 valence electrons. The van der Waals surface area contributed by atoms with Crippen LogP contribution in [0.1, 0.15) is 37.5 Å². The van der Waals surface area contributed by atoms with E-state index in [2.05, 4.69) is 5.32 Å². The molecule has 4 heteroatoms. The lowest BCUT2D eigenvalue weighted by molar-refractivity contribution is -0.140. The van der Waals surface area contributed by atoms with Crippen molar-refractivity contribution in [2.75, 3.05) is 0 Å². The molecule has 0 fully saturated rings. The van der Waals surface area contributed by atoms with Gasteiger partial charge in [0.05, 0.1) is 6.42 Å². The molecule has 0 radical (unpaired) electrons. The number of carbonyl (C=O) groups excluding carboxylic acids is 2. The maximum Gasteiger partial charge on any atom is 0.242 e. The van der Waals surface area contributed by atoms with Gasteiger partial charge in [0.1, 0.15) is 6.04 Å². The van der Waals surface area contributed by atoms with Crippen LogP contribution in [0, 0.1) is 6.92 Å². The minimum Gasteiger partial charge on any atom is -0.352 e. The molecule has 2 aromatic rings. The number of nitrogens with zero attached hydrogens (tertiary/aromatic N) is 1. The van der Waals surface area contributed by atoms with Crippen LogP contribution >= 0.6 is 0 Å². The number of nitrogens with one attached hydrogen (secondary N) is 1. The molecule has 26 heavy (non-hydrogen) atoms. The summed E-state index contributed by atoms with van der Waals surface area (Å²) in [7, 11) is 0. The van der Waals surface area contributed by atoms with E-state index in [1.807, 2.05) is 75.4 Å². The number of rotatable bonds is 7. The SMILES string of the molecule is Cc1ccc(CC(=O)N(Cc2ccccc2)C(C)C(=O)NC(C)C)cc1. The van der Waals surface area contributed by atoms with Crippen LogP contribution < -0.4 is 5.32 Å². The summed E-state index contributed by atoms with van der Waals surface area (Å²) in [5, 5.41) is 2.90. The molecule has 4 nitrogen and oxygen atoms in total. The van der Waals surface area contributed by atoms with Crippen molar-refractivity contribution >= 4 is 11.8 Å². The van der Waals surface area contributed by atoms with Gasteiger partial charge in [-0.25, -0.2) is 0 Å². The van der Waals surface area contributed by atoms with E-state index in [1.54, 1.807) is 11.8 Å². The summed E-state index contributed by atoms with van der Waals surface area (Å²) < 4.78 is 0. The van der Waals surface area contributed by atoms with Crippen LogP contribution in [0.15, 0.2) is 54.6 Å². The zero-order valence-corrected chi connectivity index (χ0v) is 16.0. The molecule has 0 bridgehead atoms. The summed E-state index contributed by atoms with van der Waals surface area (Å²) in [4.78, 5) is 27.1. The Morgan fingerprint density at radius 1 is 0.923 bits per heavy atom. The predicted molar refractivity (Wildman–Crippen MR) is 105 cm³/mol. The quantitative estimate of drug-likeness (QED) is 0.829. The minimum absolute atomic E-state index is 0.0377. The van der Waals surface area contributed by atoms with Crippen molar-refractivity contribution in [3.63, 3.8) is 0 Å². The number of carbonyl (C=O) groups is 2. The number of amides is 2. The first-order valence-electron chi connectivity index (χ1n) is 9.06. The molecule has 0 saturated carbocycles. The van der Waals surface area contributed by atoms with Crippen molar-refractivity contribution in [2.24, 2.45) is 0 Å². The van der Waals surface area contributed by atoms with E-state index in [9.17, 15) is 9.59 Å². The third kappa shape index (κ3) is 5.73. The first-order chi connectivity index (χ1) is 12.4. The van der Waals surface area contributed by atoms with E-state index < -0.39 is 6.04 Å². The monoisotopic (exact) mass is 352 g/mol. The average molecular weight is 352 g/mol. The van der Waals surface area contributed by atoms with Gasteiger partial charge in [-0.1, -0.05) is 60.2 Å². The topological polar surface area (TPSA) is 49.4 Å². The number of benzene rings is 2. The second-order valence-electron chi connectivity index (χ2n) is 7.01. The summed E-state index contributed by atoms with van der Waals surface area (Å²) in [5.74, 6) is -0.183. The Balaban J connectivity index is 2.19. The average Bonchev–Trinajstić information content (AvgIpc) is 2.61. The lowest BCUT2D eigenvalue weighted by Gasteiger charge is -2.29. The molecule has 1 N–H and O–H groups in total. The molecule has 2 aromatic carbocycles. The summed E-state index contributed by atoms with van der Waals surface area (Å²) in [6.07, 6.45) is 0.284. The molecule has 0 aliphatic rings. The number of hydrogen-bond acceptors (Lipinski definition) is 2. The number of hydrogen-bond donors (Lipinski definition) is 1. The van der Waals surface area contributed by atoms with E-state index in [-0.39, 0.29) is 24.3 Å². The lowest BCUT2D eigenvalue weighted by Crippen LogP contribution is -2.49. The van der Waals surface area contributed by atoms with Crippen molar-refractivity contribution in [3.8, 4) is 0 Å². The smallest absolute Gasteiger partial charge is 0.242 e. The van der Waals surface area contributed by atoms with Crippen LogP contribution in [-0.2, 0) is 22.6 Å². The second kappa shape index (κ2) is 9.18. The Kier molecular flexibility index (Phi) is 6.96. The molecular formula is C22H28N2O2. The Labute approximate surface area is 156 Å². The summed E-state index contributed by atoms with van der Waals surface area (Å²) in [5.41, 5.74) is 3.12. The van der Waals surface area contributed by atoms with Crippen molar-refractivity contribution in [2.45, 2.75) is 52.7 Å². The highest BCUT2D eigenvalue weighted by Gasteiger charge is 2.26. The highest BCUT2D eigenvalue weighted by molar-refractivity contribution is 5.88. The molecule has 1 atom stereocenters. The molecule has 2 rings (SSSR count). The van der Waals surface area contributed by atoms with E-state index in [0.717, 1.165) is 16.7 Å². The highest BCUT2D eigenvalue weighted by atomic mass is 16.2. The maximum absolute atomic E-state index is 13.0. The Morgan fingerprint density at radius 3 is 2.12 bits per heavy atom. The molecule has 0 aromatic heterocycles. The fourth-order valence-corrected chi connectivity index (χ4v) is 2.75. The Hall–Kier alpha value is -2.62. The number of aryl methyl sites for hydroxylation is 1. The molecule has 1 unspecified atom stereocenters. The standard InChI is InChI=1S/C22H28N2O2/c1-16(2)23-22(26)18(4)24(15-20-8-6-5-7-9-20)21(25)14-19-12-10-17(3)11-13-19/h5-13,16,18H,14-15H2,1-4H3,(H,23,26). The normalized spacial score (nSPS) is 11.9. The summed E-state index contributed by atoms with van der Waals surface area (Å²) in [6, 6.07) is 17.2. The third-order valence-corrected chi connectivity index (χ3v) is 4.27. The third-order valence-electron chi connectivity index (χ3n) is 4.27. The summed E-state index contributed by atoms with van der Waals surface area (Å²) >= 11 is 0. The van der Waals surface area contributed by atoms with E-state index in [1.165, 1.54) is 0 Å². The molecular weight excluding hydrogens is 324 g/mol. The van der Waals surface area contributed by atoms with Crippen LogP contribution in [0.25, 0.3) is 0 Å². The van der Waals surface area contributed by atoms with Crippen LogP contribution in [0.4, 0.5) is 0 Å². The van der Waals surface area contributed by atoms with E-state index in [4.69, 9.17) is 0 Å². The van der Waals surface area contributed by atoms with Gasteiger partial charge in [0.25, 0.3) is 0 Å². The molecule has 0 aliphatic heterocycles. The first-order valence-corrected chi connectivity index (χ1v) is 9.06. The largest absolute Gasteiger partial charge is 0.352 e. The van der Waals surface area contributed by atoms with Gasteiger partial charge >= 0.3 is 0 Å². The fourth-order valence-electron chi connectivity index (χ4n) is 2.75. The van der Waals surface area contributed by atoms with Gasteiger partial charge in [0, 0.05) is 12.6 Å². The molecule has 0 spiro atoms. The first kappa shape index (κ1) is 19.7. The maximum atomic E-state index is 13.0. The van der Waals surface area contributed by atoms with E-state index in [0.29, 0.717) is 6.54 Å². The zero-order valence-electron chi connectivity index (χ0n) is 16.0. The van der Waals surface area contributed by atoms with Gasteiger partial charge in [-0.3, -0.25) is 9.59 Å². The summed E-state index contributed by atoms with van der Waals surface area (Å²) in [6.45, 7) is 8.05. The van der Waals surface area contributed by atoms with Crippen molar-refractivity contribution < 1.29 is 9.59 Å². The van der Waals surface area contributed by atoms with Gasteiger partial charge in [-0.15, -0.1) is 0 Å². The van der Waals surface area contributed by atoms with E-state index >= 15 is 0 Å². The molecule has 0 saturated heterocycles. The van der Waals surface area contributed by atoms with Crippen LogP contribution in [0.5, 0.6) is 0 Å². The van der Waals surface area contributed by atoms with Crippen molar-refractivity contribution in [1.29, 1.82) is 0 Å². The second-order valence-corrected chi connectivity index (χ2v) is 7.01. The van der Waals surface area contributed by atoms with Gasteiger partial charge in [0.15, 0.2) is 0 Å².